The molecule has 28 heavy (non-hydrogen) atoms. The first-order chi connectivity index (χ1) is 13.1. The largest absolute Gasteiger partial charge is 0.438 e. The first-order valence-electron chi connectivity index (χ1n) is 9.42. The zero-order valence-electron chi connectivity index (χ0n) is 17.1. The lowest BCUT2D eigenvalue weighted by atomic mass is 9.95. The molecule has 1 atom stereocenters. The molecule has 0 bridgehead atoms. The average Bonchev–Trinajstić information content (AvgIpc) is 2.98. The molecule has 1 aliphatic heterocycles. The van der Waals surface area contributed by atoms with Crippen molar-refractivity contribution in [3.05, 3.63) is 60.2 Å². The SMILES string of the molecule is CC(=O)[C@H]1N(C(=O)OC(C)(C)c2ccc(-c3ccccc3)cc2)CSC1(C)C. The first-order valence-corrected chi connectivity index (χ1v) is 10.4. The van der Waals surface area contributed by atoms with E-state index in [0.717, 1.165) is 16.7 Å². The molecule has 0 saturated carbocycles. The number of thioether (sulfide) groups is 1. The Morgan fingerprint density at radius 2 is 1.61 bits per heavy atom. The molecule has 0 unspecified atom stereocenters. The van der Waals surface area contributed by atoms with E-state index >= 15 is 0 Å². The molecule has 148 valence electrons. The Bertz CT molecular complexity index is 859. The summed E-state index contributed by atoms with van der Waals surface area (Å²) >= 11 is 1.60. The van der Waals surface area contributed by atoms with Crippen molar-refractivity contribution in [3.8, 4) is 11.1 Å². The van der Waals surface area contributed by atoms with Gasteiger partial charge >= 0.3 is 6.09 Å². The Kier molecular flexibility index (Phi) is 5.57. The minimum Gasteiger partial charge on any atom is -0.438 e. The number of benzene rings is 2. The van der Waals surface area contributed by atoms with Crippen molar-refractivity contribution in [1.29, 1.82) is 0 Å². The first kappa shape index (κ1) is 20.5. The third kappa shape index (κ3) is 4.09. The molecule has 0 aromatic heterocycles. The third-order valence-electron chi connectivity index (χ3n) is 5.20. The molecule has 0 aliphatic carbocycles. The highest BCUT2D eigenvalue weighted by Crippen LogP contribution is 2.40. The Labute approximate surface area is 171 Å². The van der Waals surface area contributed by atoms with Crippen LogP contribution in [0.4, 0.5) is 4.79 Å². The maximum absolute atomic E-state index is 12.9. The average molecular weight is 398 g/mol. The molecule has 1 saturated heterocycles. The van der Waals surface area contributed by atoms with Gasteiger partial charge in [-0.15, -0.1) is 11.8 Å². The highest BCUT2D eigenvalue weighted by Gasteiger charge is 2.47. The normalized spacial score (nSPS) is 18.8. The highest BCUT2D eigenvalue weighted by atomic mass is 32.2. The summed E-state index contributed by atoms with van der Waals surface area (Å²) in [5.41, 5.74) is 2.36. The Morgan fingerprint density at radius 1 is 1.04 bits per heavy atom. The predicted molar refractivity (Wildman–Crippen MR) is 114 cm³/mol. The van der Waals surface area contributed by atoms with Gasteiger partial charge in [0.25, 0.3) is 0 Å². The monoisotopic (exact) mass is 397 g/mol. The predicted octanol–water partition coefficient (Wildman–Crippen LogP) is 5.47. The fourth-order valence-corrected chi connectivity index (χ4v) is 4.84. The second kappa shape index (κ2) is 7.63. The summed E-state index contributed by atoms with van der Waals surface area (Å²) in [6.07, 6.45) is -0.449. The topological polar surface area (TPSA) is 46.6 Å². The van der Waals surface area contributed by atoms with Gasteiger partial charge in [0.2, 0.25) is 0 Å². The summed E-state index contributed by atoms with van der Waals surface area (Å²) < 4.78 is 5.54. The molecule has 0 spiro atoms. The van der Waals surface area contributed by atoms with Crippen LogP contribution in [0.3, 0.4) is 0 Å². The lowest BCUT2D eigenvalue weighted by Crippen LogP contribution is -2.49. The molecule has 0 N–H and O–H groups in total. The molecule has 4 nitrogen and oxygen atoms in total. The standard InChI is InChI=1S/C23H27NO3S/c1-16(25)20-23(4,5)28-15-24(20)21(26)27-22(2,3)19-13-11-18(12-14-19)17-9-7-6-8-10-17/h6-14,20H,15H2,1-5H3/t20-/m1/s1. The van der Waals surface area contributed by atoms with E-state index in [1.807, 2.05) is 70.2 Å². The number of hydrogen-bond donors (Lipinski definition) is 0. The van der Waals surface area contributed by atoms with Crippen LogP contribution in [0.2, 0.25) is 0 Å². The maximum atomic E-state index is 12.9. The zero-order valence-corrected chi connectivity index (χ0v) is 17.9. The number of ketones is 1. The zero-order chi connectivity index (χ0) is 20.5. The molecule has 1 heterocycles. The van der Waals surface area contributed by atoms with Crippen LogP contribution in [-0.2, 0) is 15.1 Å². The molecule has 1 fully saturated rings. The van der Waals surface area contributed by atoms with Gasteiger partial charge in [0.1, 0.15) is 11.6 Å². The van der Waals surface area contributed by atoms with Crippen LogP contribution in [0.5, 0.6) is 0 Å². The van der Waals surface area contributed by atoms with Gasteiger partial charge in [0, 0.05) is 4.75 Å². The van der Waals surface area contributed by atoms with Crippen molar-refractivity contribution < 1.29 is 14.3 Å². The molecule has 3 rings (SSSR count). The van der Waals surface area contributed by atoms with E-state index in [1.54, 1.807) is 16.7 Å². The summed E-state index contributed by atoms with van der Waals surface area (Å²) in [5, 5.41) is 0. The number of carbonyl (C=O) groups is 2. The van der Waals surface area contributed by atoms with Gasteiger partial charge in [-0.25, -0.2) is 4.79 Å². The second-order valence-corrected chi connectivity index (χ2v) is 9.78. The van der Waals surface area contributed by atoms with Gasteiger partial charge in [-0.1, -0.05) is 54.6 Å². The van der Waals surface area contributed by atoms with Gasteiger partial charge in [0.05, 0.1) is 5.88 Å². The van der Waals surface area contributed by atoms with Crippen molar-refractivity contribution in [1.82, 2.24) is 4.90 Å². The van der Waals surface area contributed by atoms with Crippen molar-refractivity contribution in [2.45, 2.75) is 51.0 Å². The maximum Gasteiger partial charge on any atom is 0.411 e. The van der Waals surface area contributed by atoms with E-state index in [-0.39, 0.29) is 10.5 Å². The van der Waals surface area contributed by atoms with E-state index < -0.39 is 17.7 Å². The van der Waals surface area contributed by atoms with Crippen molar-refractivity contribution >= 4 is 23.6 Å². The lowest BCUT2D eigenvalue weighted by Gasteiger charge is -2.32. The molecule has 1 amide bonds. The van der Waals surface area contributed by atoms with Crippen molar-refractivity contribution in [2.24, 2.45) is 0 Å². The summed E-state index contributed by atoms with van der Waals surface area (Å²) in [6, 6.07) is 17.7. The fourth-order valence-electron chi connectivity index (χ4n) is 3.66. The van der Waals surface area contributed by atoms with Crippen molar-refractivity contribution in [2.75, 3.05) is 5.88 Å². The van der Waals surface area contributed by atoms with Crippen LogP contribution in [-0.4, -0.2) is 33.4 Å². The smallest absolute Gasteiger partial charge is 0.411 e. The van der Waals surface area contributed by atoms with Crippen LogP contribution in [0.25, 0.3) is 11.1 Å². The number of amides is 1. The molecule has 2 aromatic carbocycles. The Hall–Kier alpha value is -2.27. The van der Waals surface area contributed by atoms with Crippen LogP contribution in [0.1, 0.15) is 40.2 Å². The molecule has 2 aromatic rings. The van der Waals surface area contributed by atoms with Crippen LogP contribution >= 0.6 is 11.8 Å². The molecular weight excluding hydrogens is 370 g/mol. The van der Waals surface area contributed by atoms with Crippen molar-refractivity contribution in [3.63, 3.8) is 0 Å². The Morgan fingerprint density at radius 3 is 2.18 bits per heavy atom. The number of ether oxygens (including phenoxy) is 1. The van der Waals surface area contributed by atoms with Gasteiger partial charge < -0.3 is 4.74 Å². The van der Waals surface area contributed by atoms with E-state index in [4.69, 9.17) is 4.74 Å². The summed E-state index contributed by atoms with van der Waals surface area (Å²) in [6.45, 7) is 9.26. The van der Waals surface area contributed by atoms with E-state index in [0.29, 0.717) is 5.88 Å². The quantitative estimate of drug-likeness (QED) is 0.686. The minimum atomic E-state index is -0.801. The van der Waals surface area contributed by atoms with Crippen LogP contribution in [0.15, 0.2) is 54.6 Å². The summed E-state index contributed by atoms with van der Waals surface area (Å²) in [5.74, 6) is 0.441. The summed E-state index contributed by atoms with van der Waals surface area (Å²) in [4.78, 5) is 26.5. The summed E-state index contributed by atoms with van der Waals surface area (Å²) in [7, 11) is 0. The number of carbonyl (C=O) groups excluding carboxylic acids is 2. The molecule has 5 heteroatoms. The highest BCUT2D eigenvalue weighted by molar-refractivity contribution is 8.00. The molecule has 0 radical (unpaired) electrons. The lowest BCUT2D eigenvalue weighted by molar-refractivity contribution is -0.122. The van der Waals surface area contributed by atoms with E-state index in [9.17, 15) is 9.59 Å². The van der Waals surface area contributed by atoms with Gasteiger partial charge in [-0.05, 0) is 51.3 Å². The van der Waals surface area contributed by atoms with Gasteiger partial charge in [-0.3, -0.25) is 9.69 Å². The third-order valence-corrected chi connectivity index (χ3v) is 6.57. The van der Waals surface area contributed by atoms with Gasteiger partial charge in [-0.2, -0.15) is 0 Å². The second-order valence-electron chi connectivity index (χ2n) is 8.18. The molecular formula is C23H27NO3S. The Balaban J connectivity index is 1.76. The minimum absolute atomic E-state index is 0.0167. The van der Waals surface area contributed by atoms with E-state index in [1.165, 1.54) is 6.92 Å². The van der Waals surface area contributed by atoms with Crippen LogP contribution < -0.4 is 0 Å². The van der Waals surface area contributed by atoms with Gasteiger partial charge in [0.15, 0.2) is 5.78 Å². The number of Topliss-reactive ketones (excluding diaryl/α,β-unsaturated/α-hetero) is 1. The number of nitrogens with zero attached hydrogens (tertiary/aromatic N) is 1. The number of rotatable bonds is 4. The van der Waals surface area contributed by atoms with E-state index in [2.05, 4.69) is 12.1 Å². The number of hydrogen-bond acceptors (Lipinski definition) is 4. The van der Waals surface area contributed by atoms with Crippen LogP contribution in [0, 0.1) is 0 Å². The fraction of sp³-hybridized carbons (Fsp3) is 0.391. The molecule has 1 aliphatic rings.